The third-order valence-electron chi connectivity index (χ3n) is 4.94. The Morgan fingerprint density at radius 2 is 1.84 bits per heavy atom. The van der Waals surface area contributed by atoms with Gasteiger partial charge in [0.25, 0.3) is 0 Å². The molecule has 1 fully saturated rings. The summed E-state index contributed by atoms with van der Waals surface area (Å²) in [6, 6.07) is 8.89. The molecule has 0 bridgehead atoms. The standard InChI is InChI=1S/C19H31N3O2S/c1-4-16(14-25(23,24)18-8-6-5-7-9-18)21-19(20-3)22-17-12-10-15(2)11-13-17/h5-9,15-17H,4,10-14H2,1-3H3,(H2,20,21,22). The Bertz CT molecular complexity index is 651. The summed E-state index contributed by atoms with van der Waals surface area (Å²) in [5.74, 6) is 1.57. The molecule has 0 aliphatic heterocycles. The zero-order valence-electron chi connectivity index (χ0n) is 15.5. The van der Waals surface area contributed by atoms with Crippen LogP contribution in [0.5, 0.6) is 0 Å². The first kappa shape index (κ1) is 19.8. The predicted molar refractivity (Wildman–Crippen MR) is 104 cm³/mol. The third kappa shape index (κ3) is 6.03. The highest BCUT2D eigenvalue weighted by molar-refractivity contribution is 7.91. The maximum absolute atomic E-state index is 12.6. The Balaban J connectivity index is 1.95. The van der Waals surface area contributed by atoms with E-state index < -0.39 is 9.84 Å². The summed E-state index contributed by atoms with van der Waals surface area (Å²) < 4.78 is 25.2. The highest BCUT2D eigenvalue weighted by atomic mass is 32.2. The predicted octanol–water partition coefficient (Wildman–Crippen LogP) is 2.98. The molecule has 140 valence electrons. The van der Waals surface area contributed by atoms with Gasteiger partial charge in [-0.15, -0.1) is 0 Å². The zero-order valence-corrected chi connectivity index (χ0v) is 16.3. The Labute approximate surface area is 152 Å². The van der Waals surface area contributed by atoms with Crippen molar-refractivity contribution in [3.63, 3.8) is 0 Å². The second kappa shape index (κ2) is 9.22. The maximum Gasteiger partial charge on any atom is 0.191 e. The van der Waals surface area contributed by atoms with Gasteiger partial charge in [-0.05, 0) is 50.2 Å². The number of nitrogens with zero attached hydrogens (tertiary/aromatic N) is 1. The van der Waals surface area contributed by atoms with E-state index in [-0.39, 0.29) is 11.8 Å². The molecule has 6 heteroatoms. The van der Waals surface area contributed by atoms with Crippen molar-refractivity contribution in [1.82, 2.24) is 10.6 Å². The van der Waals surface area contributed by atoms with E-state index in [9.17, 15) is 8.42 Å². The van der Waals surface area contributed by atoms with Gasteiger partial charge < -0.3 is 10.6 Å². The molecule has 1 aromatic carbocycles. The van der Waals surface area contributed by atoms with E-state index in [0.29, 0.717) is 23.3 Å². The molecule has 1 saturated carbocycles. The molecule has 1 atom stereocenters. The fraction of sp³-hybridized carbons (Fsp3) is 0.632. The Kier molecular flexibility index (Phi) is 7.29. The van der Waals surface area contributed by atoms with Crippen molar-refractivity contribution < 1.29 is 8.42 Å². The van der Waals surface area contributed by atoms with Crippen LogP contribution in [0.1, 0.15) is 46.0 Å². The molecule has 2 rings (SSSR count). The molecule has 0 amide bonds. The number of hydrogen-bond acceptors (Lipinski definition) is 3. The fourth-order valence-electron chi connectivity index (χ4n) is 3.21. The van der Waals surface area contributed by atoms with Gasteiger partial charge in [0, 0.05) is 19.1 Å². The van der Waals surface area contributed by atoms with Gasteiger partial charge >= 0.3 is 0 Å². The van der Waals surface area contributed by atoms with Crippen molar-refractivity contribution in [3.05, 3.63) is 30.3 Å². The third-order valence-corrected chi connectivity index (χ3v) is 6.77. The largest absolute Gasteiger partial charge is 0.354 e. The van der Waals surface area contributed by atoms with Crippen molar-refractivity contribution in [1.29, 1.82) is 0 Å². The average molecular weight is 366 g/mol. The minimum absolute atomic E-state index is 0.0654. The number of sulfone groups is 1. The van der Waals surface area contributed by atoms with Crippen LogP contribution in [0.3, 0.4) is 0 Å². The molecule has 1 aliphatic rings. The molecule has 0 radical (unpaired) electrons. The van der Waals surface area contributed by atoms with E-state index in [1.807, 2.05) is 13.0 Å². The van der Waals surface area contributed by atoms with Gasteiger partial charge in [0.2, 0.25) is 0 Å². The van der Waals surface area contributed by atoms with Crippen LogP contribution in [0.2, 0.25) is 0 Å². The molecule has 1 unspecified atom stereocenters. The van der Waals surface area contributed by atoms with Crippen molar-refractivity contribution in [2.75, 3.05) is 12.8 Å². The van der Waals surface area contributed by atoms with Crippen molar-refractivity contribution >= 4 is 15.8 Å². The van der Waals surface area contributed by atoms with Gasteiger partial charge in [-0.2, -0.15) is 0 Å². The highest BCUT2D eigenvalue weighted by Crippen LogP contribution is 2.23. The molecular weight excluding hydrogens is 334 g/mol. The zero-order chi connectivity index (χ0) is 18.3. The summed E-state index contributed by atoms with van der Waals surface area (Å²) in [6.45, 7) is 4.29. The summed E-state index contributed by atoms with van der Waals surface area (Å²) in [6.07, 6.45) is 5.46. The van der Waals surface area contributed by atoms with Crippen LogP contribution in [-0.4, -0.2) is 39.3 Å². The van der Waals surface area contributed by atoms with Gasteiger partial charge in [0.05, 0.1) is 10.6 Å². The molecule has 0 heterocycles. The fourth-order valence-corrected chi connectivity index (χ4v) is 4.83. The smallest absolute Gasteiger partial charge is 0.191 e. The summed E-state index contributed by atoms with van der Waals surface area (Å²) in [4.78, 5) is 4.67. The van der Waals surface area contributed by atoms with Crippen LogP contribution in [-0.2, 0) is 9.84 Å². The molecule has 0 spiro atoms. The first-order valence-corrected chi connectivity index (χ1v) is 10.9. The van der Waals surface area contributed by atoms with Crippen LogP contribution in [0.15, 0.2) is 40.2 Å². The highest BCUT2D eigenvalue weighted by Gasteiger charge is 2.23. The van der Waals surface area contributed by atoms with Crippen molar-refractivity contribution in [2.45, 2.75) is 62.9 Å². The lowest BCUT2D eigenvalue weighted by Gasteiger charge is -2.29. The SMILES string of the molecule is CCC(CS(=O)(=O)c1ccccc1)NC(=NC)NC1CCC(C)CC1. The van der Waals surface area contributed by atoms with Crippen LogP contribution in [0.25, 0.3) is 0 Å². The molecule has 2 N–H and O–H groups in total. The lowest BCUT2D eigenvalue weighted by molar-refractivity contribution is 0.328. The van der Waals surface area contributed by atoms with Gasteiger partial charge in [-0.1, -0.05) is 32.0 Å². The molecule has 1 aromatic rings. The number of nitrogens with one attached hydrogen (secondary N) is 2. The minimum Gasteiger partial charge on any atom is -0.354 e. The van der Waals surface area contributed by atoms with Crippen molar-refractivity contribution in [3.8, 4) is 0 Å². The van der Waals surface area contributed by atoms with Gasteiger partial charge in [-0.3, -0.25) is 4.99 Å². The molecule has 0 aromatic heterocycles. The number of hydrogen-bond donors (Lipinski definition) is 2. The molecule has 0 saturated heterocycles. The number of guanidine groups is 1. The Morgan fingerprint density at radius 1 is 1.20 bits per heavy atom. The van der Waals surface area contributed by atoms with E-state index in [2.05, 4.69) is 22.5 Å². The van der Waals surface area contributed by atoms with E-state index in [1.54, 1.807) is 31.3 Å². The van der Waals surface area contributed by atoms with Crippen LogP contribution < -0.4 is 10.6 Å². The molecular formula is C19H31N3O2S. The Morgan fingerprint density at radius 3 is 2.40 bits per heavy atom. The molecule has 25 heavy (non-hydrogen) atoms. The quantitative estimate of drug-likeness (QED) is 0.601. The molecule has 1 aliphatic carbocycles. The van der Waals surface area contributed by atoms with E-state index in [0.717, 1.165) is 18.8 Å². The maximum atomic E-state index is 12.6. The summed E-state index contributed by atoms with van der Waals surface area (Å²) in [5, 5.41) is 6.76. The van der Waals surface area contributed by atoms with E-state index >= 15 is 0 Å². The monoisotopic (exact) mass is 365 g/mol. The normalized spacial score (nSPS) is 23.1. The topological polar surface area (TPSA) is 70.6 Å². The first-order chi connectivity index (χ1) is 11.9. The number of aliphatic imine (C=N–C) groups is 1. The second-order valence-electron chi connectivity index (χ2n) is 7.02. The number of benzene rings is 1. The van der Waals surface area contributed by atoms with E-state index in [1.165, 1.54) is 12.8 Å². The van der Waals surface area contributed by atoms with Crippen LogP contribution in [0.4, 0.5) is 0 Å². The second-order valence-corrected chi connectivity index (χ2v) is 9.05. The van der Waals surface area contributed by atoms with Gasteiger partial charge in [0.1, 0.15) is 0 Å². The molecule has 5 nitrogen and oxygen atoms in total. The van der Waals surface area contributed by atoms with E-state index in [4.69, 9.17) is 0 Å². The summed E-state index contributed by atoms with van der Waals surface area (Å²) >= 11 is 0. The summed E-state index contributed by atoms with van der Waals surface area (Å²) in [7, 11) is -1.58. The van der Waals surface area contributed by atoms with Crippen LogP contribution >= 0.6 is 0 Å². The lowest BCUT2D eigenvalue weighted by Crippen LogP contribution is -2.49. The average Bonchev–Trinajstić information content (AvgIpc) is 2.62. The number of rotatable bonds is 6. The Hall–Kier alpha value is -1.56. The van der Waals surface area contributed by atoms with Gasteiger partial charge in [-0.25, -0.2) is 8.42 Å². The lowest BCUT2D eigenvalue weighted by atomic mass is 9.87. The summed E-state index contributed by atoms with van der Waals surface area (Å²) in [5.41, 5.74) is 0. The van der Waals surface area contributed by atoms with Crippen molar-refractivity contribution in [2.24, 2.45) is 10.9 Å². The first-order valence-electron chi connectivity index (χ1n) is 9.22. The van der Waals surface area contributed by atoms with Crippen LogP contribution in [0, 0.1) is 5.92 Å². The van der Waals surface area contributed by atoms with Gasteiger partial charge in [0.15, 0.2) is 15.8 Å². The minimum atomic E-state index is -3.31.